The largest absolute Gasteiger partial charge is 0.507 e. The molecule has 0 radical (unpaired) electrons. The van der Waals surface area contributed by atoms with Crippen molar-refractivity contribution in [3.05, 3.63) is 63.7 Å². The van der Waals surface area contributed by atoms with Crippen LogP contribution in [0.4, 0.5) is 0 Å². The van der Waals surface area contributed by atoms with Gasteiger partial charge in [0.25, 0.3) is 0 Å². The summed E-state index contributed by atoms with van der Waals surface area (Å²) in [6, 6.07) is 10.6. The van der Waals surface area contributed by atoms with Gasteiger partial charge < -0.3 is 5.11 Å². The SMILES string of the molecule is Cc1c(C)c(C(C)(C)c2ccccc2)c(C)c(C)c1O. The molecule has 0 spiro atoms. The molecule has 1 heteroatoms. The minimum atomic E-state index is -0.0708. The predicted molar refractivity (Wildman–Crippen MR) is 85.6 cm³/mol. The molecule has 0 unspecified atom stereocenters. The van der Waals surface area contributed by atoms with Crippen LogP contribution in [0.1, 0.15) is 47.2 Å². The Balaban J connectivity index is 2.76. The van der Waals surface area contributed by atoms with E-state index < -0.39 is 0 Å². The standard InChI is InChI=1S/C19H24O/c1-12-14(3)18(20)15(4)13(2)17(12)19(5,6)16-10-8-7-9-11-16/h7-11,20H,1-6H3. The molecule has 2 aromatic carbocycles. The quantitative estimate of drug-likeness (QED) is 0.817. The maximum absolute atomic E-state index is 10.2. The number of hydrogen-bond donors (Lipinski definition) is 1. The molecule has 0 saturated carbocycles. The Morgan fingerprint density at radius 3 is 1.65 bits per heavy atom. The highest BCUT2D eigenvalue weighted by Crippen LogP contribution is 2.41. The number of phenolic OH excluding ortho intramolecular Hbond substituents is 1. The van der Waals surface area contributed by atoms with Crippen LogP contribution in [0.2, 0.25) is 0 Å². The van der Waals surface area contributed by atoms with Crippen LogP contribution >= 0.6 is 0 Å². The Morgan fingerprint density at radius 1 is 0.750 bits per heavy atom. The zero-order valence-corrected chi connectivity index (χ0v) is 13.3. The summed E-state index contributed by atoms with van der Waals surface area (Å²) in [7, 11) is 0. The summed E-state index contributed by atoms with van der Waals surface area (Å²) in [6.45, 7) is 12.7. The van der Waals surface area contributed by atoms with Gasteiger partial charge in [-0.15, -0.1) is 0 Å². The van der Waals surface area contributed by atoms with Crippen LogP contribution in [-0.2, 0) is 5.41 Å². The van der Waals surface area contributed by atoms with Crippen LogP contribution in [0.25, 0.3) is 0 Å². The van der Waals surface area contributed by atoms with E-state index in [1.807, 2.05) is 19.9 Å². The summed E-state index contributed by atoms with van der Waals surface area (Å²) < 4.78 is 0. The molecule has 1 N–H and O–H groups in total. The first-order chi connectivity index (χ1) is 9.28. The van der Waals surface area contributed by atoms with Gasteiger partial charge >= 0.3 is 0 Å². The van der Waals surface area contributed by atoms with Gasteiger partial charge in [-0.1, -0.05) is 44.2 Å². The summed E-state index contributed by atoms with van der Waals surface area (Å²) in [5.41, 5.74) is 6.93. The summed E-state index contributed by atoms with van der Waals surface area (Å²) in [5.74, 6) is 0.438. The van der Waals surface area contributed by atoms with Crippen molar-refractivity contribution >= 4 is 0 Å². The molecule has 0 heterocycles. The van der Waals surface area contributed by atoms with E-state index in [0.717, 1.165) is 11.1 Å². The van der Waals surface area contributed by atoms with Gasteiger partial charge in [-0.2, -0.15) is 0 Å². The molecule has 0 aliphatic rings. The van der Waals surface area contributed by atoms with Gasteiger partial charge in [0.2, 0.25) is 0 Å². The van der Waals surface area contributed by atoms with Crippen LogP contribution in [0.3, 0.4) is 0 Å². The van der Waals surface area contributed by atoms with Gasteiger partial charge in [0, 0.05) is 5.41 Å². The second-order valence-electron chi connectivity index (χ2n) is 6.21. The zero-order valence-electron chi connectivity index (χ0n) is 13.3. The third-order valence-electron chi connectivity index (χ3n) is 4.71. The number of phenols is 1. The molecule has 0 bridgehead atoms. The zero-order chi connectivity index (χ0) is 15.1. The molecule has 0 atom stereocenters. The normalized spacial score (nSPS) is 11.7. The van der Waals surface area contributed by atoms with Gasteiger partial charge in [-0.05, 0) is 61.1 Å². The molecule has 0 fully saturated rings. The molecule has 0 aliphatic heterocycles. The maximum Gasteiger partial charge on any atom is 0.121 e. The third kappa shape index (κ3) is 2.11. The molecule has 2 rings (SSSR count). The van der Waals surface area contributed by atoms with Crippen LogP contribution in [-0.4, -0.2) is 5.11 Å². The van der Waals surface area contributed by atoms with E-state index in [1.165, 1.54) is 22.3 Å². The highest BCUT2D eigenvalue weighted by atomic mass is 16.3. The van der Waals surface area contributed by atoms with Gasteiger partial charge in [0.1, 0.15) is 5.75 Å². The molecule has 0 aliphatic carbocycles. The lowest BCUT2D eigenvalue weighted by atomic mass is 9.72. The van der Waals surface area contributed by atoms with Crippen molar-refractivity contribution in [2.45, 2.75) is 47.0 Å². The molecular weight excluding hydrogens is 244 g/mol. The summed E-state index contributed by atoms with van der Waals surface area (Å²) in [5, 5.41) is 10.2. The molecule has 0 amide bonds. The highest BCUT2D eigenvalue weighted by Gasteiger charge is 2.29. The number of aromatic hydroxyl groups is 1. The molecule has 0 aromatic heterocycles. The predicted octanol–water partition coefficient (Wildman–Crippen LogP) is 4.95. The van der Waals surface area contributed by atoms with E-state index in [2.05, 4.69) is 52.0 Å². The Morgan fingerprint density at radius 2 is 1.20 bits per heavy atom. The Labute approximate surface area is 122 Å². The first kappa shape index (κ1) is 14.6. The van der Waals surface area contributed by atoms with Crippen LogP contribution in [0.15, 0.2) is 30.3 Å². The smallest absolute Gasteiger partial charge is 0.121 e. The van der Waals surface area contributed by atoms with E-state index >= 15 is 0 Å². The highest BCUT2D eigenvalue weighted by molar-refractivity contribution is 5.57. The lowest BCUT2D eigenvalue weighted by Crippen LogP contribution is -2.22. The summed E-state index contributed by atoms with van der Waals surface area (Å²) in [6.07, 6.45) is 0. The molecule has 0 saturated heterocycles. The molecule has 2 aromatic rings. The molecule has 106 valence electrons. The van der Waals surface area contributed by atoms with Gasteiger partial charge in [-0.3, -0.25) is 0 Å². The van der Waals surface area contributed by atoms with Crippen molar-refractivity contribution in [1.29, 1.82) is 0 Å². The average molecular weight is 268 g/mol. The van der Waals surface area contributed by atoms with Crippen molar-refractivity contribution in [3.8, 4) is 5.75 Å². The van der Waals surface area contributed by atoms with E-state index in [-0.39, 0.29) is 5.41 Å². The maximum atomic E-state index is 10.2. The molecule has 1 nitrogen and oxygen atoms in total. The minimum Gasteiger partial charge on any atom is -0.507 e. The lowest BCUT2D eigenvalue weighted by Gasteiger charge is -2.32. The van der Waals surface area contributed by atoms with Crippen molar-refractivity contribution in [3.63, 3.8) is 0 Å². The first-order valence-corrected chi connectivity index (χ1v) is 7.13. The fourth-order valence-corrected chi connectivity index (χ4v) is 3.23. The second-order valence-corrected chi connectivity index (χ2v) is 6.21. The first-order valence-electron chi connectivity index (χ1n) is 7.13. The summed E-state index contributed by atoms with van der Waals surface area (Å²) >= 11 is 0. The number of hydrogen-bond acceptors (Lipinski definition) is 1. The Hall–Kier alpha value is -1.76. The Kier molecular flexibility index (Phi) is 3.64. The van der Waals surface area contributed by atoms with E-state index in [4.69, 9.17) is 0 Å². The van der Waals surface area contributed by atoms with Gasteiger partial charge in [-0.25, -0.2) is 0 Å². The van der Waals surface area contributed by atoms with Gasteiger partial charge in [0.15, 0.2) is 0 Å². The van der Waals surface area contributed by atoms with Crippen LogP contribution in [0.5, 0.6) is 5.75 Å². The molecule has 20 heavy (non-hydrogen) atoms. The monoisotopic (exact) mass is 268 g/mol. The fourth-order valence-electron chi connectivity index (χ4n) is 3.23. The minimum absolute atomic E-state index is 0.0708. The van der Waals surface area contributed by atoms with Crippen molar-refractivity contribution in [1.82, 2.24) is 0 Å². The molecular formula is C19H24O. The fraction of sp³-hybridized carbons (Fsp3) is 0.368. The van der Waals surface area contributed by atoms with E-state index in [0.29, 0.717) is 5.75 Å². The van der Waals surface area contributed by atoms with E-state index in [9.17, 15) is 5.11 Å². The van der Waals surface area contributed by atoms with Crippen molar-refractivity contribution in [2.24, 2.45) is 0 Å². The topological polar surface area (TPSA) is 20.2 Å². The average Bonchev–Trinajstić information content (AvgIpc) is 2.44. The van der Waals surface area contributed by atoms with Gasteiger partial charge in [0.05, 0.1) is 0 Å². The third-order valence-corrected chi connectivity index (χ3v) is 4.71. The van der Waals surface area contributed by atoms with Crippen molar-refractivity contribution < 1.29 is 5.11 Å². The Bertz CT molecular complexity index is 608. The van der Waals surface area contributed by atoms with Crippen LogP contribution < -0.4 is 0 Å². The summed E-state index contributed by atoms with van der Waals surface area (Å²) in [4.78, 5) is 0. The second kappa shape index (κ2) is 4.97. The number of rotatable bonds is 2. The number of benzene rings is 2. The lowest BCUT2D eigenvalue weighted by molar-refractivity contribution is 0.464. The van der Waals surface area contributed by atoms with E-state index in [1.54, 1.807) is 0 Å². The van der Waals surface area contributed by atoms with Crippen LogP contribution in [0, 0.1) is 27.7 Å². The van der Waals surface area contributed by atoms with Crippen molar-refractivity contribution in [2.75, 3.05) is 0 Å².